The first-order chi connectivity index (χ1) is 9.65. The summed E-state index contributed by atoms with van der Waals surface area (Å²) in [6.45, 7) is -1.56. The van der Waals surface area contributed by atoms with Crippen LogP contribution in [0.3, 0.4) is 0 Å². The maximum atomic E-state index is 13.6. The molecule has 1 aromatic heterocycles. The topological polar surface area (TPSA) is 98.5 Å². The Labute approximate surface area is 123 Å². The van der Waals surface area contributed by atoms with Gasteiger partial charge in [-0.3, -0.25) is 4.79 Å². The van der Waals surface area contributed by atoms with Crippen LogP contribution in [0.2, 0.25) is 0 Å². The van der Waals surface area contributed by atoms with Gasteiger partial charge in [0.25, 0.3) is 15.9 Å². The number of aliphatic carboxylic acids is 1. The van der Waals surface area contributed by atoms with E-state index < -0.39 is 47.3 Å². The van der Waals surface area contributed by atoms with Crippen LogP contribution in [0.1, 0.15) is 11.3 Å². The molecule has 10 heteroatoms. The first-order valence-corrected chi connectivity index (χ1v) is 8.02. The van der Waals surface area contributed by atoms with Crippen molar-refractivity contribution in [1.29, 1.82) is 5.26 Å². The van der Waals surface area contributed by atoms with E-state index in [0.717, 1.165) is 6.07 Å². The SMILES string of the molecule is N#Cc1ccc(S(=O)(=O)N2CC(C(=O)O)CC(F)(F)C2)s1. The Morgan fingerprint density at radius 1 is 1.52 bits per heavy atom. The molecule has 0 saturated carbocycles. The molecule has 114 valence electrons. The Bertz CT molecular complexity index is 708. The maximum absolute atomic E-state index is 13.6. The lowest BCUT2D eigenvalue weighted by Crippen LogP contribution is -2.51. The predicted octanol–water partition coefficient (Wildman–Crippen LogP) is 1.35. The van der Waals surface area contributed by atoms with E-state index in [1.165, 1.54) is 6.07 Å². The van der Waals surface area contributed by atoms with Crippen molar-refractivity contribution in [3.05, 3.63) is 17.0 Å². The van der Waals surface area contributed by atoms with Crippen molar-refractivity contribution >= 4 is 27.3 Å². The Hall–Kier alpha value is -1.57. The van der Waals surface area contributed by atoms with Crippen LogP contribution in [0.15, 0.2) is 16.3 Å². The fraction of sp³-hybridized carbons (Fsp3) is 0.455. The zero-order valence-electron chi connectivity index (χ0n) is 10.5. The van der Waals surface area contributed by atoms with Crippen LogP contribution < -0.4 is 0 Å². The highest BCUT2D eigenvalue weighted by Crippen LogP contribution is 2.35. The number of carboxylic acid groups (broad SMARTS) is 1. The third-order valence-electron chi connectivity index (χ3n) is 3.01. The van der Waals surface area contributed by atoms with Crippen molar-refractivity contribution in [3.8, 4) is 6.07 Å². The van der Waals surface area contributed by atoms with Crippen LogP contribution in [0, 0.1) is 17.2 Å². The van der Waals surface area contributed by atoms with E-state index in [4.69, 9.17) is 10.4 Å². The summed E-state index contributed by atoms with van der Waals surface area (Å²) >= 11 is 0.660. The summed E-state index contributed by atoms with van der Waals surface area (Å²) in [6.07, 6.45) is -0.887. The molecule has 0 spiro atoms. The number of alkyl halides is 2. The summed E-state index contributed by atoms with van der Waals surface area (Å²) in [6, 6.07) is 4.18. The van der Waals surface area contributed by atoms with Gasteiger partial charge < -0.3 is 5.11 Å². The Morgan fingerprint density at radius 3 is 2.71 bits per heavy atom. The number of rotatable bonds is 3. The largest absolute Gasteiger partial charge is 0.481 e. The maximum Gasteiger partial charge on any atom is 0.308 e. The van der Waals surface area contributed by atoms with Gasteiger partial charge in [0.2, 0.25) is 0 Å². The molecule has 1 aromatic rings. The monoisotopic (exact) mass is 336 g/mol. The molecule has 6 nitrogen and oxygen atoms in total. The first-order valence-electron chi connectivity index (χ1n) is 5.76. The highest BCUT2D eigenvalue weighted by atomic mass is 32.2. The van der Waals surface area contributed by atoms with Crippen LogP contribution in [-0.4, -0.2) is 42.8 Å². The third-order valence-corrected chi connectivity index (χ3v) is 6.28. The van der Waals surface area contributed by atoms with Gasteiger partial charge in [-0.2, -0.15) is 9.57 Å². The van der Waals surface area contributed by atoms with E-state index in [1.807, 2.05) is 0 Å². The average molecular weight is 336 g/mol. The molecular weight excluding hydrogens is 326 g/mol. The fourth-order valence-corrected chi connectivity index (χ4v) is 4.82. The number of carboxylic acids is 1. The fourth-order valence-electron chi connectivity index (χ4n) is 2.05. The minimum Gasteiger partial charge on any atom is -0.481 e. The molecule has 1 atom stereocenters. The van der Waals surface area contributed by atoms with Gasteiger partial charge in [0.05, 0.1) is 12.5 Å². The molecule has 1 N–H and O–H groups in total. The lowest BCUT2D eigenvalue weighted by molar-refractivity contribution is -0.150. The quantitative estimate of drug-likeness (QED) is 0.898. The highest BCUT2D eigenvalue weighted by molar-refractivity contribution is 7.91. The van der Waals surface area contributed by atoms with Gasteiger partial charge in [-0.25, -0.2) is 17.2 Å². The van der Waals surface area contributed by atoms with Gasteiger partial charge in [0.1, 0.15) is 15.2 Å². The summed E-state index contributed by atoms with van der Waals surface area (Å²) in [5, 5.41) is 17.6. The number of sulfonamides is 1. The molecular formula is C11H10F2N2O4S2. The van der Waals surface area contributed by atoms with E-state index in [2.05, 4.69) is 0 Å². The minimum atomic E-state index is -4.23. The van der Waals surface area contributed by atoms with Crippen molar-refractivity contribution < 1.29 is 27.1 Å². The van der Waals surface area contributed by atoms with Crippen molar-refractivity contribution in [2.45, 2.75) is 16.6 Å². The molecule has 2 rings (SSSR count). The van der Waals surface area contributed by atoms with E-state index >= 15 is 0 Å². The highest BCUT2D eigenvalue weighted by Gasteiger charge is 2.47. The molecule has 1 saturated heterocycles. The molecule has 2 heterocycles. The van der Waals surface area contributed by atoms with Crippen molar-refractivity contribution in [1.82, 2.24) is 4.31 Å². The number of hydrogen-bond donors (Lipinski definition) is 1. The van der Waals surface area contributed by atoms with Crippen LogP contribution in [0.25, 0.3) is 0 Å². The van der Waals surface area contributed by atoms with Gasteiger partial charge in [0.15, 0.2) is 0 Å². The normalized spacial score (nSPS) is 22.6. The van der Waals surface area contributed by atoms with Gasteiger partial charge in [-0.1, -0.05) is 0 Å². The zero-order valence-corrected chi connectivity index (χ0v) is 12.1. The molecule has 0 bridgehead atoms. The lowest BCUT2D eigenvalue weighted by Gasteiger charge is -2.34. The number of hydrogen-bond acceptors (Lipinski definition) is 5. The smallest absolute Gasteiger partial charge is 0.308 e. The number of halogens is 2. The summed E-state index contributed by atoms with van der Waals surface area (Å²) in [7, 11) is -4.23. The molecule has 1 unspecified atom stereocenters. The summed E-state index contributed by atoms with van der Waals surface area (Å²) in [5.41, 5.74) is 0. The van der Waals surface area contributed by atoms with Gasteiger partial charge >= 0.3 is 5.97 Å². The van der Waals surface area contributed by atoms with Crippen LogP contribution in [0.5, 0.6) is 0 Å². The molecule has 0 radical (unpaired) electrons. The van der Waals surface area contributed by atoms with Crippen molar-refractivity contribution in [2.24, 2.45) is 5.92 Å². The zero-order chi connectivity index (χ0) is 15.8. The van der Waals surface area contributed by atoms with Crippen LogP contribution in [0.4, 0.5) is 8.78 Å². The average Bonchev–Trinajstić information content (AvgIpc) is 2.86. The summed E-state index contributed by atoms with van der Waals surface area (Å²) in [4.78, 5) is 11.0. The second kappa shape index (κ2) is 5.32. The Morgan fingerprint density at radius 2 is 2.19 bits per heavy atom. The lowest BCUT2D eigenvalue weighted by atomic mass is 9.97. The van der Waals surface area contributed by atoms with Crippen LogP contribution >= 0.6 is 11.3 Å². The summed E-state index contributed by atoms with van der Waals surface area (Å²) in [5.74, 6) is -6.32. The molecule has 1 fully saturated rings. The number of thiophene rings is 1. The minimum absolute atomic E-state index is 0.132. The molecule has 0 aliphatic carbocycles. The Kier molecular flexibility index (Phi) is 4.01. The van der Waals surface area contributed by atoms with Crippen molar-refractivity contribution in [3.63, 3.8) is 0 Å². The third kappa shape index (κ3) is 3.20. The van der Waals surface area contributed by atoms with E-state index in [0.29, 0.717) is 15.6 Å². The molecule has 0 amide bonds. The van der Waals surface area contributed by atoms with E-state index in [9.17, 15) is 22.0 Å². The predicted molar refractivity (Wildman–Crippen MR) is 68.5 cm³/mol. The van der Waals surface area contributed by atoms with Gasteiger partial charge in [-0.05, 0) is 12.1 Å². The second-order valence-corrected chi connectivity index (χ2v) is 7.87. The number of piperidine rings is 1. The van der Waals surface area contributed by atoms with Gasteiger partial charge in [-0.15, -0.1) is 11.3 Å². The van der Waals surface area contributed by atoms with Gasteiger partial charge in [0, 0.05) is 13.0 Å². The van der Waals surface area contributed by atoms with Crippen molar-refractivity contribution in [2.75, 3.05) is 13.1 Å². The Balaban J connectivity index is 2.35. The number of nitrogens with zero attached hydrogens (tertiary/aromatic N) is 2. The van der Waals surface area contributed by atoms with Crippen LogP contribution in [-0.2, 0) is 14.8 Å². The molecule has 0 aromatic carbocycles. The molecule has 1 aliphatic heterocycles. The molecule has 1 aliphatic rings. The second-order valence-electron chi connectivity index (χ2n) is 4.62. The van der Waals surface area contributed by atoms with E-state index in [-0.39, 0.29) is 9.09 Å². The van der Waals surface area contributed by atoms with E-state index in [1.54, 1.807) is 6.07 Å². The standard InChI is InChI=1S/C11H10F2N2O4S2/c12-11(13)3-7(10(16)17)5-15(6-11)21(18,19)9-2-1-8(4-14)20-9/h1-2,7H,3,5-6H2,(H,16,17). The number of nitriles is 1. The number of carbonyl (C=O) groups is 1. The summed E-state index contributed by atoms with van der Waals surface area (Å²) < 4.78 is 51.9. The first kappa shape index (κ1) is 15.8. The molecule has 21 heavy (non-hydrogen) atoms.